The third kappa shape index (κ3) is 7.01. The number of aromatic nitrogens is 3. The minimum atomic E-state index is -3.03. The fraction of sp³-hybridized carbons (Fsp3) is 0.588. The summed E-state index contributed by atoms with van der Waals surface area (Å²) in [6, 6.07) is 0.499. The van der Waals surface area contributed by atoms with Gasteiger partial charge in [-0.2, -0.15) is 5.10 Å². The number of nitrogens with one attached hydrogen (secondary N) is 1. The number of urea groups is 1. The Hall–Kier alpha value is -2.06. The molecule has 2 aromatic heterocycles. The summed E-state index contributed by atoms with van der Waals surface area (Å²) in [5, 5.41) is 17.7. The summed E-state index contributed by atoms with van der Waals surface area (Å²) < 4.78 is 38.9. The first-order chi connectivity index (χ1) is 16.3. The number of carbonyl (C=O) groups excluding carboxylic acids is 1. The van der Waals surface area contributed by atoms with E-state index in [2.05, 4.69) is 15.6 Å². The molecular weight excluding hydrogens is 476 g/mol. The minimum Gasteiger partial charge on any atom is -0.406 e. The summed E-state index contributed by atoms with van der Waals surface area (Å²) in [5.74, 6) is -0.244. The van der Waals surface area contributed by atoms with E-state index in [0.29, 0.717) is 48.7 Å². The van der Waals surface area contributed by atoms with Gasteiger partial charge in [-0.1, -0.05) is 5.16 Å². The normalized spacial score (nSPS) is 16.6. The van der Waals surface area contributed by atoms with E-state index >= 15 is 0 Å². The summed E-state index contributed by atoms with van der Waals surface area (Å²) in [4.78, 5) is 14.0. The van der Waals surface area contributed by atoms with E-state index in [9.17, 15) is 18.7 Å². The highest BCUT2D eigenvalue weighted by Gasteiger charge is 2.38. The Morgan fingerprint density at radius 1 is 1.34 bits per heavy atom. The van der Waals surface area contributed by atoms with Crippen LogP contribution in [0.5, 0.6) is 5.75 Å². The van der Waals surface area contributed by atoms with E-state index in [0.717, 1.165) is 6.20 Å². The Kier molecular flexibility index (Phi) is 8.58. The number of hydrogen-bond donors (Lipinski definition) is 2. The van der Waals surface area contributed by atoms with Crippen LogP contribution in [-0.2, 0) is 5.52 Å². The number of nitrogens with zero attached hydrogens (tertiary/aromatic N) is 5. The Balaban J connectivity index is 1.64. The zero-order valence-electron chi connectivity index (χ0n) is 18.8. The number of likely N-dealkylation sites (tertiary alicyclic amines) is 1. The maximum Gasteiger partial charge on any atom is 0.323 e. The highest BCUT2D eigenvalue weighted by Crippen LogP contribution is 2.38. The second-order valence-electron chi connectivity index (χ2n) is 8.20. The molecule has 0 saturated carbocycles. The molecule has 2 amide bonds. The molecule has 3 rings (SSSR count). The zero-order chi connectivity index (χ0) is 26.0. The molecule has 2 N–H and O–H groups in total. The van der Waals surface area contributed by atoms with Gasteiger partial charge >= 0.3 is 6.03 Å². The number of hydrogen-bond acceptors (Lipinski definition) is 8. The number of aliphatic hydroxyl groups is 1. The topological polar surface area (TPSA) is 109 Å². The van der Waals surface area contributed by atoms with E-state index in [4.69, 9.17) is 47.9 Å². The van der Waals surface area contributed by atoms with Gasteiger partial charge < -0.3 is 18.7 Å². The summed E-state index contributed by atoms with van der Waals surface area (Å²) in [6.45, 7) is 0.766. The van der Waals surface area contributed by atoms with Crippen molar-refractivity contribution >= 4 is 63.3 Å². The summed E-state index contributed by atoms with van der Waals surface area (Å²) in [5.41, 5.74) is -3.28. The minimum absolute atomic E-state index is 0.164. The van der Waals surface area contributed by atoms with Gasteiger partial charge in [-0.15, -0.1) is 5.11 Å². The molecule has 35 heavy (non-hydrogen) atoms. The van der Waals surface area contributed by atoms with Gasteiger partial charge in [-0.3, -0.25) is 10.00 Å². The van der Waals surface area contributed by atoms with Crippen LogP contribution in [0.1, 0.15) is 25.0 Å². The SMILES string of the molecule is [B]C([B])([B])C(C1CCN(C(=O)Nc2ccon2)CC1)N(C)SOc1cn(C([B])([B])O)nc1C(F)F. The summed E-state index contributed by atoms with van der Waals surface area (Å²) in [7, 11) is 30.3. The number of carbonyl (C=O) groups is 1. The summed E-state index contributed by atoms with van der Waals surface area (Å²) >= 11 is 0.655. The highest BCUT2D eigenvalue weighted by atomic mass is 32.2. The van der Waals surface area contributed by atoms with Crippen LogP contribution in [0, 0.1) is 5.92 Å². The molecule has 18 heteroatoms. The molecule has 1 fully saturated rings. The van der Waals surface area contributed by atoms with Crippen molar-refractivity contribution in [3.63, 3.8) is 0 Å². The Bertz CT molecular complexity index is 983. The first-order valence-electron chi connectivity index (χ1n) is 10.4. The van der Waals surface area contributed by atoms with Gasteiger partial charge in [0.05, 0.1) is 35.3 Å². The monoisotopic (exact) mass is 496 g/mol. The van der Waals surface area contributed by atoms with Gasteiger partial charge in [0.25, 0.3) is 6.43 Å². The average Bonchev–Trinajstić information content (AvgIpc) is 3.41. The van der Waals surface area contributed by atoms with Gasteiger partial charge in [-0.05, 0) is 18.8 Å². The van der Waals surface area contributed by atoms with Crippen molar-refractivity contribution < 1.29 is 27.4 Å². The molecule has 1 aliphatic heterocycles. The number of rotatable bonds is 9. The fourth-order valence-electron chi connectivity index (χ4n) is 3.82. The van der Waals surface area contributed by atoms with Crippen LogP contribution >= 0.6 is 12.2 Å². The predicted molar refractivity (Wildman–Crippen MR) is 128 cm³/mol. The van der Waals surface area contributed by atoms with Crippen LogP contribution in [0.25, 0.3) is 0 Å². The quantitative estimate of drug-likeness (QED) is 0.294. The second kappa shape index (κ2) is 10.9. The van der Waals surface area contributed by atoms with E-state index in [1.807, 2.05) is 0 Å². The van der Waals surface area contributed by atoms with Crippen molar-refractivity contribution in [3.05, 3.63) is 24.2 Å². The predicted octanol–water partition coefficient (Wildman–Crippen LogP) is 0.472. The van der Waals surface area contributed by atoms with Crippen molar-refractivity contribution in [3.8, 4) is 5.75 Å². The van der Waals surface area contributed by atoms with Crippen molar-refractivity contribution in [1.82, 2.24) is 24.1 Å². The number of halogens is 2. The van der Waals surface area contributed by atoms with Gasteiger partial charge in [0.2, 0.25) is 0 Å². The molecule has 176 valence electrons. The molecule has 1 saturated heterocycles. The third-order valence-electron chi connectivity index (χ3n) is 5.38. The van der Waals surface area contributed by atoms with E-state index in [1.165, 1.54) is 16.6 Å². The molecule has 0 aromatic carbocycles. The zero-order valence-corrected chi connectivity index (χ0v) is 19.6. The third-order valence-corrected chi connectivity index (χ3v) is 6.09. The van der Waals surface area contributed by atoms with Gasteiger partial charge in [-0.25, -0.2) is 17.9 Å². The lowest BCUT2D eigenvalue weighted by Gasteiger charge is -2.45. The molecular formula is C17H19B5F2N6O4S. The smallest absolute Gasteiger partial charge is 0.323 e. The Morgan fingerprint density at radius 3 is 2.51 bits per heavy atom. The van der Waals surface area contributed by atoms with Gasteiger partial charge in [0.15, 0.2) is 17.3 Å². The van der Waals surface area contributed by atoms with Crippen molar-refractivity contribution in [2.24, 2.45) is 5.92 Å². The molecule has 10 nitrogen and oxygen atoms in total. The summed E-state index contributed by atoms with van der Waals surface area (Å²) in [6.07, 6.45) is 0.253. The largest absolute Gasteiger partial charge is 0.406 e. The maximum absolute atomic E-state index is 13.4. The molecule has 0 bridgehead atoms. The lowest BCUT2D eigenvalue weighted by atomic mass is 9.38. The van der Waals surface area contributed by atoms with Gasteiger partial charge in [0, 0.05) is 32.2 Å². The lowest BCUT2D eigenvalue weighted by Crippen LogP contribution is -2.50. The van der Waals surface area contributed by atoms with Crippen LogP contribution in [0.15, 0.2) is 23.0 Å². The van der Waals surface area contributed by atoms with Crippen molar-refractivity contribution in [1.29, 1.82) is 0 Å². The lowest BCUT2D eigenvalue weighted by molar-refractivity contribution is 0.116. The molecule has 0 spiro atoms. The van der Waals surface area contributed by atoms with Crippen molar-refractivity contribution in [2.45, 2.75) is 35.9 Å². The van der Waals surface area contributed by atoms with Gasteiger partial charge in [0.1, 0.15) is 34.2 Å². The van der Waals surface area contributed by atoms with E-state index in [1.54, 1.807) is 11.9 Å². The van der Waals surface area contributed by atoms with Crippen molar-refractivity contribution in [2.75, 3.05) is 25.5 Å². The first-order valence-corrected chi connectivity index (χ1v) is 11.1. The first kappa shape index (κ1) is 27.5. The number of anilines is 1. The second-order valence-corrected chi connectivity index (χ2v) is 9.09. The molecule has 1 atom stereocenters. The number of alkyl halides is 2. The van der Waals surface area contributed by atoms with Crippen LogP contribution in [0.2, 0.25) is 5.11 Å². The highest BCUT2D eigenvalue weighted by molar-refractivity contribution is 7.92. The standard InChI is InChI=1S/C17H19B5F2N6O4S/c1-28(35-34-10-8-30(17(21,22)32)26-12(10)14(23)24)13(16(18,19)20)9-2-5-29(6-3-9)15(31)25-11-4-7-33-27-11/h4,7-9,13-14,32H,2-3,5-6H2,1H3,(H,25,27,31). The molecule has 1 aliphatic rings. The number of amides is 2. The Labute approximate surface area is 212 Å². The maximum atomic E-state index is 13.4. The van der Waals surface area contributed by atoms with Crippen LogP contribution in [0.3, 0.4) is 0 Å². The molecule has 0 aliphatic carbocycles. The van der Waals surface area contributed by atoms with Crippen LogP contribution in [0.4, 0.5) is 19.4 Å². The number of piperidine rings is 1. The van der Waals surface area contributed by atoms with E-state index < -0.39 is 28.8 Å². The molecule has 1 unspecified atom stereocenters. The molecule has 10 radical (unpaired) electrons. The van der Waals surface area contributed by atoms with Crippen LogP contribution in [-0.4, -0.2) is 101 Å². The Morgan fingerprint density at radius 2 is 2.00 bits per heavy atom. The molecule has 3 heterocycles. The average molecular weight is 496 g/mol. The van der Waals surface area contributed by atoms with Crippen LogP contribution < -0.4 is 9.50 Å². The molecule has 2 aromatic rings. The fourth-order valence-corrected chi connectivity index (χ4v) is 4.59. The van der Waals surface area contributed by atoms with E-state index in [-0.39, 0.29) is 17.7 Å².